The number of para-hydroxylation sites is 1. The van der Waals surface area contributed by atoms with Gasteiger partial charge in [0, 0.05) is 40.6 Å². The summed E-state index contributed by atoms with van der Waals surface area (Å²) < 4.78 is 14.6. The van der Waals surface area contributed by atoms with Crippen molar-refractivity contribution in [1.29, 1.82) is 0 Å². The summed E-state index contributed by atoms with van der Waals surface area (Å²) in [6, 6.07) is 16.2. The number of nitrogens with one attached hydrogen (secondary N) is 3. The van der Waals surface area contributed by atoms with Crippen molar-refractivity contribution in [2.45, 2.75) is 25.7 Å². The quantitative estimate of drug-likeness (QED) is 0.242. The van der Waals surface area contributed by atoms with Crippen molar-refractivity contribution in [1.82, 2.24) is 30.1 Å². The number of carbonyl (C=O) groups excluding carboxylic acids is 1. The molecule has 4 aromatic heterocycles. The van der Waals surface area contributed by atoms with Crippen molar-refractivity contribution < 1.29 is 9.18 Å². The van der Waals surface area contributed by atoms with E-state index in [1.54, 1.807) is 30.7 Å². The Morgan fingerprint density at radius 3 is 2.64 bits per heavy atom. The molecule has 7 rings (SSSR count). The highest BCUT2D eigenvalue weighted by Crippen LogP contribution is 2.34. The first kappa shape index (κ1) is 23.2. The lowest BCUT2D eigenvalue weighted by Crippen LogP contribution is -2.20. The van der Waals surface area contributed by atoms with Crippen LogP contribution in [0.5, 0.6) is 0 Å². The van der Waals surface area contributed by atoms with Crippen molar-refractivity contribution in [3.63, 3.8) is 0 Å². The summed E-state index contributed by atoms with van der Waals surface area (Å²) in [6.45, 7) is 0. The minimum Gasteiger partial charge on any atom is -0.337 e. The third-order valence-electron chi connectivity index (χ3n) is 7.38. The summed E-state index contributed by atoms with van der Waals surface area (Å²) in [5.74, 6) is 0.373. The smallest absolute Gasteiger partial charge is 0.227 e. The minimum atomic E-state index is -0.302. The Morgan fingerprint density at radius 2 is 1.77 bits per heavy atom. The van der Waals surface area contributed by atoms with Gasteiger partial charge < -0.3 is 10.3 Å². The van der Waals surface area contributed by atoms with E-state index >= 15 is 0 Å². The zero-order valence-corrected chi connectivity index (χ0v) is 20.9. The molecule has 1 aliphatic carbocycles. The number of aromatic amines is 2. The van der Waals surface area contributed by atoms with Gasteiger partial charge in [0.15, 0.2) is 11.5 Å². The zero-order valence-electron chi connectivity index (χ0n) is 20.9. The Balaban J connectivity index is 1.25. The van der Waals surface area contributed by atoms with Crippen molar-refractivity contribution in [2.75, 3.05) is 5.32 Å². The third-order valence-corrected chi connectivity index (χ3v) is 7.38. The Kier molecular flexibility index (Phi) is 5.61. The molecule has 0 radical (unpaired) electrons. The largest absolute Gasteiger partial charge is 0.337 e. The van der Waals surface area contributed by atoms with Gasteiger partial charge in [-0.15, -0.1) is 0 Å². The van der Waals surface area contributed by atoms with Crippen LogP contribution >= 0.6 is 0 Å². The Labute approximate surface area is 222 Å². The summed E-state index contributed by atoms with van der Waals surface area (Å²) in [7, 11) is 0. The number of carbonyl (C=O) groups is 1. The van der Waals surface area contributed by atoms with E-state index in [1.807, 2.05) is 36.4 Å². The fourth-order valence-electron chi connectivity index (χ4n) is 5.38. The molecule has 1 saturated carbocycles. The van der Waals surface area contributed by atoms with Crippen LogP contribution in [-0.4, -0.2) is 36.0 Å². The number of hydrogen-bond acceptors (Lipinski definition) is 5. The van der Waals surface area contributed by atoms with Crippen LogP contribution < -0.4 is 5.32 Å². The number of pyridine rings is 2. The number of amides is 1. The number of fused-ring (bicyclic) bond motifs is 2. The van der Waals surface area contributed by atoms with Gasteiger partial charge in [-0.05, 0) is 37.1 Å². The topological polar surface area (TPSA) is 112 Å². The average Bonchev–Trinajstić information content (AvgIpc) is 3.73. The molecule has 1 amide bonds. The highest BCUT2D eigenvalue weighted by Gasteiger charge is 2.23. The van der Waals surface area contributed by atoms with Crippen LogP contribution in [0.1, 0.15) is 25.7 Å². The molecule has 39 heavy (non-hydrogen) atoms. The first-order valence-electron chi connectivity index (χ1n) is 13.0. The normalized spacial score (nSPS) is 13.9. The van der Waals surface area contributed by atoms with Gasteiger partial charge in [0.2, 0.25) is 5.91 Å². The average molecular weight is 518 g/mol. The maximum Gasteiger partial charge on any atom is 0.227 e. The van der Waals surface area contributed by atoms with E-state index in [0.29, 0.717) is 39.5 Å². The van der Waals surface area contributed by atoms with E-state index in [9.17, 15) is 9.18 Å². The molecular formula is C30H24FN7O. The molecule has 1 fully saturated rings. The molecular weight excluding hydrogens is 493 g/mol. The van der Waals surface area contributed by atoms with Crippen molar-refractivity contribution >= 4 is 33.7 Å². The van der Waals surface area contributed by atoms with Crippen molar-refractivity contribution in [3.05, 3.63) is 79.0 Å². The van der Waals surface area contributed by atoms with E-state index in [2.05, 4.69) is 30.5 Å². The Morgan fingerprint density at radius 1 is 0.949 bits per heavy atom. The Hall–Kier alpha value is -4.92. The second kappa shape index (κ2) is 9.43. The maximum absolute atomic E-state index is 14.6. The zero-order chi connectivity index (χ0) is 26.3. The number of anilines is 1. The summed E-state index contributed by atoms with van der Waals surface area (Å²) in [6.07, 6.45) is 9.23. The maximum atomic E-state index is 14.6. The number of nitrogens with zero attached hydrogens (tertiary/aromatic N) is 4. The van der Waals surface area contributed by atoms with E-state index in [1.165, 1.54) is 6.07 Å². The lowest BCUT2D eigenvalue weighted by atomic mass is 10.0. The van der Waals surface area contributed by atoms with Crippen LogP contribution in [0.4, 0.5) is 10.1 Å². The molecule has 8 nitrogen and oxygen atoms in total. The van der Waals surface area contributed by atoms with Gasteiger partial charge in [-0.2, -0.15) is 5.10 Å². The molecule has 9 heteroatoms. The number of rotatable bonds is 5. The number of aromatic nitrogens is 6. The SMILES string of the molecule is O=C(Nc1cncc(-c2cnc3[nH]nc(-c4nc5c(-c6ccccc6F)cccc5[nH]4)c3c2)c1)C1CCCC1. The van der Waals surface area contributed by atoms with Crippen LogP contribution in [0.15, 0.2) is 73.2 Å². The minimum absolute atomic E-state index is 0.0526. The number of hydrogen-bond donors (Lipinski definition) is 3. The van der Waals surface area contributed by atoms with Crippen molar-refractivity contribution in [2.24, 2.45) is 5.92 Å². The molecule has 6 aromatic rings. The molecule has 192 valence electrons. The molecule has 2 aromatic carbocycles. The monoisotopic (exact) mass is 517 g/mol. The first-order chi connectivity index (χ1) is 19.1. The van der Waals surface area contributed by atoms with E-state index in [4.69, 9.17) is 4.98 Å². The van der Waals surface area contributed by atoms with Gasteiger partial charge in [-0.25, -0.2) is 14.4 Å². The van der Waals surface area contributed by atoms with Gasteiger partial charge in [0.25, 0.3) is 0 Å². The van der Waals surface area contributed by atoms with Gasteiger partial charge in [0.05, 0.1) is 28.3 Å². The number of benzene rings is 2. The molecule has 0 aliphatic heterocycles. The van der Waals surface area contributed by atoms with Crippen LogP contribution in [0, 0.1) is 11.7 Å². The fourth-order valence-corrected chi connectivity index (χ4v) is 5.38. The summed E-state index contributed by atoms with van der Waals surface area (Å²) >= 11 is 0. The highest BCUT2D eigenvalue weighted by molar-refractivity contribution is 5.98. The number of H-pyrrole nitrogens is 2. The van der Waals surface area contributed by atoms with E-state index in [0.717, 1.165) is 47.7 Å². The molecule has 1 aliphatic rings. The van der Waals surface area contributed by atoms with E-state index < -0.39 is 0 Å². The van der Waals surface area contributed by atoms with Crippen LogP contribution in [0.2, 0.25) is 0 Å². The molecule has 3 N–H and O–H groups in total. The van der Waals surface area contributed by atoms with E-state index in [-0.39, 0.29) is 17.6 Å². The van der Waals surface area contributed by atoms with Crippen LogP contribution in [-0.2, 0) is 4.79 Å². The molecule has 0 atom stereocenters. The van der Waals surface area contributed by atoms with Gasteiger partial charge >= 0.3 is 0 Å². The molecule has 0 spiro atoms. The summed E-state index contributed by atoms with van der Waals surface area (Å²) in [4.78, 5) is 29.7. The summed E-state index contributed by atoms with van der Waals surface area (Å²) in [5.41, 5.74) is 6.17. The van der Waals surface area contributed by atoms with Crippen LogP contribution in [0.3, 0.4) is 0 Å². The first-order valence-corrected chi connectivity index (χ1v) is 13.0. The third kappa shape index (κ3) is 4.21. The lowest BCUT2D eigenvalue weighted by Gasteiger charge is -2.11. The molecule has 0 saturated heterocycles. The number of halogens is 1. The molecule has 0 unspecified atom stereocenters. The standard InChI is InChI=1S/C30H24FN7O/c31-24-10-4-3-8-21(24)22-9-5-11-25-26(22)36-29(35-25)27-23-13-19(15-33-28(23)38-37-27)18-12-20(16-32-14-18)34-30(39)17-6-1-2-7-17/h3-5,8-17H,1-2,6-7H2,(H,34,39)(H,35,36)(H,33,37,38). The second-order valence-electron chi connectivity index (χ2n) is 9.89. The fraction of sp³-hybridized carbons (Fsp3) is 0.167. The predicted octanol–water partition coefficient (Wildman–Crippen LogP) is 6.50. The van der Waals surface area contributed by atoms with Gasteiger partial charge in [-0.3, -0.25) is 14.9 Å². The highest BCUT2D eigenvalue weighted by atomic mass is 19.1. The van der Waals surface area contributed by atoms with Gasteiger partial charge in [0.1, 0.15) is 11.5 Å². The predicted molar refractivity (Wildman–Crippen MR) is 148 cm³/mol. The summed E-state index contributed by atoms with van der Waals surface area (Å²) in [5, 5.41) is 11.3. The number of imidazole rings is 1. The van der Waals surface area contributed by atoms with Gasteiger partial charge in [-0.1, -0.05) is 43.2 Å². The molecule has 0 bridgehead atoms. The van der Waals surface area contributed by atoms with Crippen LogP contribution in [0.25, 0.3) is 55.8 Å². The van der Waals surface area contributed by atoms with Crippen molar-refractivity contribution in [3.8, 4) is 33.8 Å². The molecule has 4 heterocycles. The Bertz CT molecular complexity index is 1850. The second-order valence-corrected chi connectivity index (χ2v) is 9.89. The lowest BCUT2D eigenvalue weighted by molar-refractivity contribution is -0.119.